The van der Waals surface area contributed by atoms with Gasteiger partial charge in [-0.15, -0.1) is 0 Å². The number of sulfonamides is 1. The Labute approximate surface area is 165 Å². The second kappa shape index (κ2) is 7.64. The Morgan fingerprint density at radius 2 is 1.68 bits per heavy atom. The van der Waals surface area contributed by atoms with Gasteiger partial charge in [0.05, 0.1) is 7.11 Å². The molecule has 0 radical (unpaired) electrons. The van der Waals surface area contributed by atoms with Gasteiger partial charge in [0.1, 0.15) is 23.9 Å². The fourth-order valence-corrected chi connectivity index (χ4v) is 5.24. The third kappa shape index (κ3) is 3.69. The highest BCUT2D eigenvalue weighted by molar-refractivity contribution is 7.89. The largest absolute Gasteiger partial charge is 0.495 e. The number of rotatable bonds is 5. The lowest BCUT2D eigenvalue weighted by atomic mass is 9.92. The van der Waals surface area contributed by atoms with Crippen molar-refractivity contribution in [1.82, 2.24) is 4.72 Å². The van der Waals surface area contributed by atoms with Crippen LogP contribution in [0.2, 0.25) is 0 Å². The second-order valence-electron chi connectivity index (χ2n) is 7.22. The normalized spacial score (nSPS) is 16.9. The summed E-state index contributed by atoms with van der Waals surface area (Å²) in [4.78, 5) is 0.194. The molecule has 1 heterocycles. The summed E-state index contributed by atoms with van der Waals surface area (Å²) in [7, 11) is -2.24. The molecule has 28 heavy (non-hydrogen) atoms. The summed E-state index contributed by atoms with van der Waals surface area (Å²) in [6.07, 6.45) is 4.08. The minimum atomic E-state index is -3.75. The number of hydrogen-bond acceptors (Lipinski definition) is 5. The van der Waals surface area contributed by atoms with Crippen LogP contribution in [0.4, 0.5) is 0 Å². The molecule has 0 spiro atoms. The first-order chi connectivity index (χ1) is 13.5. The van der Waals surface area contributed by atoms with Gasteiger partial charge in [-0.25, -0.2) is 13.1 Å². The van der Waals surface area contributed by atoms with Crippen molar-refractivity contribution >= 4 is 10.0 Å². The highest BCUT2D eigenvalue weighted by atomic mass is 32.2. The standard InChI is InChI=1S/C21H25NO5S/c1-14(15-7-8-18-19(11-15)27-10-9-26-18)22-28(23,24)21-13-17-6-4-3-5-16(17)12-20(21)25-2/h7-8,11-14,22H,3-6,9-10H2,1-2H3. The molecule has 1 unspecified atom stereocenters. The maximum absolute atomic E-state index is 13.1. The van der Waals surface area contributed by atoms with Gasteiger partial charge in [-0.2, -0.15) is 0 Å². The van der Waals surface area contributed by atoms with E-state index in [0.29, 0.717) is 30.5 Å². The van der Waals surface area contributed by atoms with E-state index in [4.69, 9.17) is 14.2 Å². The molecule has 1 aliphatic carbocycles. The van der Waals surface area contributed by atoms with Gasteiger partial charge in [0.25, 0.3) is 0 Å². The first kappa shape index (κ1) is 19.1. The number of aryl methyl sites for hydroxylation is 2. The molecule has 2 aromatic rings. The quantitative estimate of drug-likeness (QED) is 0.828. The van der Waals surface area contributed by atoms with Crippen LogP contribution in [-0.2, 0) is 22.9 Å². The van der Waals surface area contributed by atoms with Gasteiger partial charge >= 0.3 is 0 Å². The molecule has 1 aliphatic heterocycles. The fourth-order valence-electron chi connectivity index (χ4n) is 3.80. The second-order valence-corrected chi connectivity index (χ2v) is 8.91. The van der Waals surface area contributed by atoms with Gasteiger partial charge in [-0.1, -0.05) is 6.07 Å². The first-order valence-corrected chi connectivity index (χ1v) is 11.1. The van der Waals surface area contributed by atoms with E-state index < -0.39 is 16.1 Å². The Morgan fingerprint density at radius 1 is 1.00 bits per heavy atom. The Kier molecular flexibility index (Phi) is 5.21. The zero-order valence-corrected chi connectivity index (χ0v) is 17.0. The van der Waals surface area contributed by atoms with Crippen LogP contribution in [0, 0.1) is 0 Å². The van der Waals surface area contributed by atoms with Crippen molar-refractivity contribution in [3.05, 3.63) is 47.0 Å². The van der Waals surface area contributed by atoms with Crippen molar-refractivity contribution in [3.8, 4) is 17.2 Å². The molecule has 4 rings (SSSR count). The predicted molar refractivity (Wildman–Crippen MR) is 106 cm³/mol. The lowest BCUT2D eigenvalue weighted by Crippen LogP contribution is -2.28. The van der Waals surface area contributed by atoms with E-state index in [1.54, 1.807) is 6.07 Å². The summed E-state index contributed by atoms with van der Waals surface area (Å²) in [5.41, 5.74) is 3.09. The van der Waals surface area contributed by atoms with E-state index in [0.717, 1.165) is 36.8 Å². The van der Waals surface area contributed by atoms with Crippen LogP contribution < -0.4 is 18.9 Å². The van der Waals surface area contributed by atoms with Crippen LogP contribution in [0.3, 0.4) is 0 Å². The van der Waals surface area contributed by atoms with Crippen LogP contribution in [0.25, 0.3) is 0 Å². The molecular weight excluding hydrogens is 378 g/mol. The SMILES string of the molecule is COc1cc2c(cc1S(=O)(=O)NC(C)c1ccc3c(c1)OCCO3)CCCC2. The molecule has 7 heteroatoms. The molecule has 1 atom stereocenters. The minimum Gasteiger partial charge on any atom is -0.495 e. The summed E-state index contributed by atoms with van der Waals surface area (Å²) in [5.74, 6) is 1.71. The third-order valence-electron chi connectivity index (χ3n) is 5.32. The maximum Gasteiger partial charge on any atom is 0.244 e. The zero-order valence-electron chi connectivity index (χ0n) is 16.2. The molecule has 2 aromatic carbocycles. The number of nitrogens with one attached hydrogen (secondary N) is 1. The van der Waals surface area contributed by atoms with Gasteiger partial charge in [0.15, 0.2) is 11.5 Å². The molecule has 6 nitrogen and oxygen atoms in total. The van der Waals surface area contributed by atoms with Gasteiger partial charge in [0.2, 0.25) is 10.0 Å². The van der Waals surface area contributed by atoms with E-state index in [1.807, 2.05) is 31.2 Å². The van der Waals surface area contributed by atoms with E-state index in [1.165, 1.54) is 12.7 Å². The monoisotopic (exact) mass is 403 g/mol. The summed E-state index contributed by atoms with van der Waals surface area (Å²) < 4.78 is 45.6. The Morgan fingerprint density at radius 3 is 2.39 bits per heavy atom. The van der Waals surface area contributed by atoms with Crippen molar-refractivity contribution in [2.75, 3.05) is 20.3 Å². The van der Waals surface area contributed by atoms with Crippen LogP contribution in [0.1, 0.15) is 42.5 Å². The Hall–Kier alpha value is -2.25. The Balaban J connectivity index is 1.62. The molecule has 150 valence electrons. The van der Waals surface area contributed by atoms with E-state index >= 15 is 0 Å². The molecule has 0 aromatic heterocycles. The molecule has 0 amide bonds. The van der Waals surface area contributed by atoms with E-state index in [2.05, 4.69) is 4.72 Å². The average Bonchev–Trinajstić information content (AvgIpc) is 2.72. The van der Waals surface area contributed by atoms with Crippen LogP contribution >= 0.6 is 0 Å². The smallest absolute Gasteiger partial charge is 0.244 e. The number of benzene rings is 2. The van der Waals surface area contributed by atoms with Gasteiger partial charge in [0, 0.05) is 6.04 Å². The maximum atomic E-state index is 13.1. The lowest BCUT2D eigenvalue weighted by Gasteiger charge is -2.22. The summed E-state index contributed by atoms with van der Waals surface area (Å²) >= 11 is 0. The first-order valence-electron chi connectivity index (χ1n) is 9.59. The van der Waals surface area contributed by atoms with E-state index in [9.17, 15) is 8.42 Å². The predicted octanol–water partition coefficient (Wildman–Crippen LogP) is 3.38. The third-order valence-corrected chi connectivity index (χ3v) is 6.88. The number of methoxy groups -OCH3 is 1. The van der Waals surface area contributed by atoms with Crippen LogP contribution in [-0.4, -0.2) is 28.7 Å². The average molecular weight is 404 g/mol. The zero-order chi connectivity index (χ0) is 19.7. The highest BCUT2D eigenvalue weighted by Gasteiger charge is 2.26. The molecular formula is C21H25NO5S. The van der Waals surface area contributed by atoms with Gasteiger partial charge < -0.3 is 14.2 Å². The minimum absolute atomic E-state index is 0.194. The van der Waals surface area contributed by atoms with Crippen molar-refractivity contribution < 1.29 is 22.6 Å². The Bertz CT molecular complexity index is 987. The molecule has 0 saturated carbocycles. The molecule has 0 fully saturated rings. The highest BCUT2D eigenvalue weighted by Crippen LogP contribution is 2.35. The summed E-state index contributed by atoms with van der Waals surface area (Å²) in [5, 5.41) is 0. The lowest BCUT2D eigenvalue weighted by molar-refractivity contribution is 0.171. The van der Waals surface area contributed by atoms with Gasteiger partial charge in [-0.3, -0.25) is 0 Å². The molecule has 0 bridgehead atoms. The van der Waals surface area contributed by atoms with E-state index in [-0.39, 0.29) is 4.90 Å². The fraction of sp³-hybridized carbons (Fsp3) is 0.429. The van der Waals surface area contributed by atoms with Crippen molar-refractivity contribution in [2.24, 2.45) is 0 Å². The van der Waals surface area contributed by atoms with Crippen molar-refractivity contribution in [1.29, 1.82) is 0 Å². The summed E-state index contributed by atoms with van der Waals surface area (Å²) in [6, 6.07) is 8.70. The van der Waals surface area contributed by atoms with Gasteiger partial charge in [-0.05, 0) is 73.6 Å². The number of hydrogen-bond donors (Lipinski definition) is 1. The molecule has 2 aliphatic rings. The number of fused-ring (bicyclic) bond motifs is 2. The molecule has 0 saturated heterocycles. The summed E-state index contributed by atoms with van der Waals surface area (Å²) in [6.45, 7) is 2.82. The molecule has 1 N–H and O–H groups in total. The van der Waals surface area contributed by atoms with Crippen LogP contribution in [0.15, 0.2) is 35.2 Å². The topological polar surface area (TPSA) is 73.9 Å². The number of ether oxygens (including phenoxy) is 3. The van der Waals surface area contributed by atoms with Crippen molar-refractivity contribution in [2.45, 2.75) is 43.5 Å². The van der Waals surface area contributed by atoms with Crippen LogP contribution in [0.5, 0.6) is 17.2 Å². The van der Waals surface area contributed by atoms with Crippen molar-refractivity contribution in [3.63, 3.8) is 0 Å².